The number of ether oxygens (including phenoxy) is 2. The Morgan fingerprint density at radius 2 is 1.83 bits per heavy atom. The number of halogens is 1. The minimum absolute atomic E-state index is 0.0254. The molecule has 1 aliphatic heterocycles. The van der Waals surface area contributed by atoms with Crippen molar-refractivity contribution in [1.29, 1.82) is 0 Å². The molecule has 1 aliphatic rings. The molecular formula is C19H20BrNO3. The summed E-state index contributed by atoms with van der Waals surface area (Å²) in [5, 5.41) is 0. The van der Waals surface area contributed by atoms with E-state index in [1.165, 1.54) is 0 Å². The molecule has 2 unspecified atom stereocenters. The number of carbonyl (C=O) groups is 1. The fourth-order valence-corrected chi connectivity index (χ4v) is 3.28. The topological polar surface area (TPSA) is 38.8 Å². The molecule has 4 nitrogen and oxygen atoms in total. The molecule has 0 saturated carbocycles. The lowest BCUT2D eigenvalue weighted by Gasteiger charge is -2.35. The van der Waals surface area contributed by atoms with Gasteiger partial charge >= 0.3 is 0 Å². The molecule has 2 atom stereocenters. The van der Waals surface area contributed by atoms with Crippen LogP contribution in [0.2, 0.25) is 0 Å². The average Bonchev–Trinajstić information content (AvgIpc) is 2.54. The number of hydrogen-bond donors (Lipinski definition) is 0. The second kappa shape index (κ2) is 7.36. The van der Waals surface area contributed by atoms with Crippen molar-refractivity contribution in [3.8, 4) is 11.5 Å². The van der Waals surface area contributed by atoms with Gasteiger partial charge in [-0.25, -0.2) is 0 Å². The maximum Gasteiger partial charge on any atom is 0.257 e. The van der Waals surface area contributed by atoms with E-state index in [0.29, 0.717) is 30.2 Å². The number of para-hydroxylation sites is 1. The number of benzene rings is 2. The van der Waals surface area contributed by atoms with Crippen molar-refractivity contribution >= 4 is 21.8 Å². The highest BCUT2D eigenvalue weighted by Gasteiger charge is 2.28. The van der Waals surface area contributed by atoms with Gasteiger partial charge in [0.1, 0.15) is 11.5 Å². The molecule has 5 heteroatoms. The number of amides is 1. The maximum atomic E-state index is 12.9. The van der Waals surface area contributed by atoms with E-state index in [2.05, 4.69) is 15.9 Å². The van der Waals surface area contributed by atoms with Crippen LogP contribution < -0.4 is 4.74 Å². The lowest BCUT2D eigenvalue weighted by Crippen LogP contribution is -2.48. The maximum absolute atomic E-state index is 12.9. The highest BCUT2D eigenvalue weighted by molar-refractivity contribution is 9.10. The average molecular weight is 390 g/mol. The largest absolute Gasteiger partial charge is 0.456 e. The Balaban J connectivity index is 1.84. The predicted molar refractivity (Wildman–Crippen MR) is 96.6 cm³/mol. The van der Waals surface area contributed by atoms with Gasteiger partial charge in [-0.2, -0.15) is 0 Å². The van der Waals surface area contributed by atoms with Crippen molar-refractivity contribution in [1.82, 2.24) is 4.90 Å². The Morgan fingerprint density at radius 1 is 1.12 bits per heavy atom. The molecule has 0 bridgehead atoms. The highest BCUT2D eigenvalue weighted by atomic mass is 79.9. The van der Waals surface area contributed by atoms with Gasteiger partial charge < -0.3 is 14.4 Å². The molecule has 1 amide bonds. The molecule has 0 radical (unpaired) electrons. The van der Waals surface area contributed by atoms with Gasteiger partial charge in [0.15, 0.2) is 0 Å². The first kappa shape index (κ1) is 17.0. The number of hydrogen-bond acceptors (Lipinski definition) is 3. The van der Waals surface area contributed by atoms with Gasteiger partial charge in [-0.1, -0.05) is 34.1 Å². The van der Waals surface area contributed by atoms with Gasteiger partial charge in [-0.15, -0.1) is 0 Å². The third kappa shape index (κ3) is 3.97. The molecule has 126 valence electrons. The van der Waals surface area contributed by atoms with Gasteiger partial charge in [0.25, 0.3) is 5.91 Å². The normalized spacial score (nSPS) is 20.7. The van der Waals surface area contributed by atoms with Crippen molar-refractivity contribution in [2.45, 2.75) is 26.1 Å². The third-order valence-electron chi connectivity index (χ3n) is 3.85. The zero-order valence-corrected chi connectivity index (χ0v) is 15.3. The molecule has 0 aromatic heterocycles. The third-order valence-corrected chi connectivity index (χ3v) is 4.34. The summed E-state index contributed by atoms with van der Waals surface area (Å²) in [6.07, 6.45) is 0.0757. The summed E-state index contributed by atoms with van der Waals surface area (Å²) >= 11 is 3.43. The second-order valence-electron chi connectivity index (χ2n) is 6.02. The zero-order chi connectivity index (χ0) is 17.1. The first-order chi connectivity index (χ1) is 11.5. The van der Waals surface area contributed by atoms with E-state index in [1.807, 2.05) is 61.2 Å². The molecule has 3 rings (SSSR count). The quantitative estimate of drug-likeness (QED) is 0.775. The summed E-state index contributed by atoms with van der Waals surface area (Å²) in [5.74, 6) is 1.23. The Labute approximate surface area is 150 Å². The molecule has 1 fully saturated rings. The van der Waals surface area contributed by atoms with Crippen molar-refractivity contribution < 1.29 is 14.3 Å². The van der Waals surface area contributed by atoms with E-state index in [9.17, 15) is 4.79 Å². The van der Waals surface area contributed by atoms with Crippen molar-refractivity contribution in [2.75, 3.05) is 13.1 Å². The molecule has 1 heterocycles. The predicted octanol–water partition coefficient (Wildman–Crippen LogP) is 4.49. The van der Waals surface area contributed by atoms with Gasteiger partial charge in [0.05, 0.1) is 17.8 Å². The smallest absolute Gasteiger partial charge is 0.257 e. The van der Waals surface area contributed by atoms with Crippen molar-refractivity contribution in [2.24, 2.45) is 0 Å². The summed E-state index contributed by atoms with van der Waals surface area (Å²) in [4.78, 5) is 14.8. The first-order valence-corrected chi connectivity index (χ1v) is 8.79. The van der Waals surface area contributed by atoms with E-state index < -0.39 is 0 Å². The summed E-state index contributed by atoms with van der Waals surface area (Å²) in [7, 11) is 0. The van der Waals surface area contributed by atoms with E-state index in [1.54, 1.807) is 6.07 Å². The highest BCUT2D eigenvalue weighted by Crippen LogP contribution is 2.28. The van der Waals surface area contributed by atoms with Crippen LogP contribution in [0.15, 0.2) is 53.0 Å². The van der Waals surface area contributed by atoms with E-state index >= 15 is 0 Å². The molecule has 24 heavy (non-hydrogen) atoms. The summed E-state index contributed by atoms with van der Waals surface area (Å²) in [6.45, 7) is 5.16. The van der Waals surface area contributed by atoms with Crippen LogP contribution in [0.1, 0.15) is 24.2 Å². The fourth-order valence-electron chi connectivity index (χ4n) is 2.90. The van der Waals surface area contributed by atoms with Gasteiger partial charge in [0.2, 0.25) is 0 Å². The summed E-state index contributed by atoms with van der Waals surface area (Å²) in [6, 6.07) is 14.9. The minimum Gasteiger partial charge on any atom is -0.456 e. The lowest BCUT2D eigenvalue weighted by atomic mass is 10.1. The summed E-state index contributed by atoms with van der Waals surface area (Å²) in [5.41, 5.74) is 0.568. The van der Waals surface area contributed by atoms with Crippen molar-refractivity contribution in [3.05, 3.63) is 58.6 Å². The summed E-state index contributed by atoms with van der Waals surface area (Å²) < 4.78 is 12.6. The van der Waals surface area contributed by atoms with Crippen LogP contribution in [-0.2, 0) is 4.74 Å². The standard InChI is InChI=1S/C19H20BrNO3/c1-13-11-21(12-14(2)23-13)19(22)17-8-3-4-9-18(17)24-16-7-5-6-15(20)10-16/h3-10,13-14H,11-12H2,1-2H3. The van der Waals surface area contributed by atoms with Crippen LogP contribution in [0.3, 0.4) is 0 Å². The van der Waals surface area contributed by atoms with Crippen LogP contribution in [0, 0.1) is 0 Å². The minimum atomic E-state index is -0.0254. The molecule has 2 aromatic carbocycles. The van der Waals surface area contributed by atoms with Crippen LogP contribution in [-0.4, -0.2) is 36.1 Å². The number of rotatable bonds is 3. The Kier molecular flexibility index (Phi) is 5.21. The van der Waals surface area contributed by atoms with Gasteiger partial charge in [-0.3, -0.25) is 4.79 Å². The molecule has 0 spiro atoms. The van der Waals surface area contributed by atoms with Crippen LogP contribution >= 0.6 is 15.9 Å². The SMILES string of the molecule is CC1CN(C(=O)c2ccccc2Oc2cccc(Br)c2)CC(C)O1. The van der Waals surface area contributed by atoms with Crippen LogP contribution in [0.4, 0.5) is 0 Å². The number of carbonyl (C=O) groups excluding carboxylic acids is 1. The molecular weight excluding hydrogens is 370 g/mol. The van der Waals surface area contributed by atoms with Gasteiger partial charge in [0, 0.05) is 17.6 Å². The van der Waals surface area contributed by atoms with E-state index in [-0.39, 0.29) is 18.1 Å². The lowest BCUT2D eigenvalue weighted by molar-refractivity contribution is -0.0586. The molecule has 0 N–H and O–H groups in total. The molecule has 2 aromatic rings. The Morgan fingerprint density at radius 3 is 2.54 bits per heavy atom. The van der Waals surface area contributed by atoms with Gasteiger partial charge in [-0.05, 0) is 44.2 Å². The molecule has 1 saturated heterocycles. The van der Waals surface area contributed by atoms with E-state index in [4.69, 9.17) is 9.47 Å². The first-order valence-electron chi connectivity index (χ1n) is 8.00. The van der Waals surface area contributed by atoms with Crippen LogP contribution in [0.5, 0.6) is 11.5 Å². The Hall–Kier alpha value is -1.85. The molecule has 0 aliphatic carbocycles. The van der Waals surface area contributed by atoms with Crippen molar-refractivity contribution in [3.63, 3.8) is 0 Å². The Bertz CT molecular complexity index is 724. The van der Waals surface area contributed by atoms with E-state index in [0.717, 1.165) is 4.47 Å². The number of morpholine rings is 1. The number of nitrogens with zero attached hydrogens (tertiary/aromatic N) is 1. The zero-order valence-electron chi connectivity index (χ0n) is 13.7. The monoisotopic (exact) mass is 389 g/mol. The fraction of sp³-hybridized carbons (Fsp3) is 0.316. The van der Waals surface area contributed by atoms with Crippen LogP contribution in [0.25, 0.3) is 0 Å². The second-order valence-corrected chi connectivity index (χ2v) is 6.94.